The van der Waals surface area contributed by atoms with Gasteiger partial charge in [0.05, 0.1) is 0 Å². The minimum absolute atomic E-state index is 0.0255. The summed E-state index contributed by atoms with van der Waals surface area (Å²) < 4.78 is 0. The van der Waals surface area contributed by atoms with Crippen molar-refractivity contribution in [3.63, 3.8) is 0 Å². The molecule has 0 saturated carbocycles. The van der Waals surface area contributed by atoms with Crippen LogP contribution in [0.25, 0.3) is 0 Å². The van der Waals surface area contributed by atoms with E-state index in [0.29, 0.717) is 15.4 Å². The van der Waals surface area contributed by atoms with E-state index in [1.165, 1.54) is 0 Å². The van der Waals surface area contributed by atoms with Crippen molar-refractivity contribution in [3.05, 3.63) is 0 Å². The zero-order chi connectivity index (χ0) is 13.8. The van der Waals surface area contributed by atoms with Gasteiger partial charge in [-0.2, -0.15) is 0 Å². The van der Waals surface area contributed by atoms with Crippen molar-refractivity contribution in [2.75, 3.05) is 0 Å². The molecule has 0 fully saturated rings. The molecule has 0 aromatic rings. The number of hydrogen-bond acceptors (Lipinski definition) is 0. The average molecular weight is 350 g/mol. The molecule has 0 bridgehead atoms. The molecular formula is C11H33GeSi4. The first-order chi connectivity index (χ1) is 6.78. The van der Waals surface area contributed by atoms with Crippen molar-refractivity contribution in [3.8, 4) is 0 Å². The molecule has 0 atom stereocenters. The van der Waals surface area contributed by atoms with E-state index in [0.717, 1.165) is 0 Å². The van der Waals surface area contributed by atoms with Crippen LogP contribution in [0.5, 0.6) is 0 Å². The zero-order valence-electron chi connectivity index (χ0n) is 13.5. The van der Waals surface area contributed by atoms with E-state index in [2.05, 4.69) is 70.4 Å². The molecule has 5 heteroatoms. The van der Waals surface area contributed by atoms with E-state index in [1.807, 2.05) is 0 Å². The molecule has 0 aliphatic carbocycles. The van der Waals surface area contributed by atoms with Gasteiger partial charge in [0.1, 0.15) is 0 Å². The van der Waals surface area contributed by atoms with Gasteiger partial charge in [-0.15, -0.1) is 0 Å². The molecule has 0 unspecified atom stereocenters. The Labute approximate surface area is 115 Å². The van der Waals surface area contributed by atoms with E-state index in [1.54, 1.807) is 0 Å². The van der Waals surface area contributed by atoms with Crippen molar-refractivity contribution >= 4 is 45.6 Å². The molecule has 16 heavy (non-hydrogen) atoms. The van der Waals surface area contributed by atoms with E-state index < -0.39 is 22.8 Å². The van der Waals surface area contributed by atoms with Crippen molar-refractivity contribution in [1.82, 2.24) is 0 Å². The third-order valence-electron chi connectivity index (χ3n) is 2.25. The van der Waals surface area contributed by atoms with Gasteiger partial charge in [0.2, 0.25) is 0 Å². The zero-order valence-corrected chi connectivity index (χ0v) is 19.6. The molecule has 97 valence electrons. The van der Waals surface area contributed by atoms with E-state index in [-0.39, 0.29) is 7.35 Å². The molecule has 0 aromatic carbocycles. The van der Waals surface area contributed by atoms with Gasteiger partial charge in [-0.1, -0.05) is 58.9 Å². The monoisotopic (exact) mass is 351 g/mol. The van der Waals surface area contributed by atoms with Crippen molar-refractivity contribution < 1.29 is 0 Å². The van der Waals surface area contributed by atoms with Crippen LogP contribution in [-0.2, 0) is 0 Å². The molecule has 0 nitrogen and oxygen atoms in total. The number of rotatable bonds is 3. The summed E-state index contributed by atoms with van der Waals surface area (Å²) in [5.74, 6) is 4.50. The Morgan fingerprint density at radius 1 is 0.562 bits per heavy atom. The van der Waals surface area contributed by atoms with Crippen LogP contribution in [0.2, 0.25) is 70.4 Å². The molecule has 0 aliphatic heterocycles. The summed E-state index contributed by atoms with van der Waals surface area (Å²) in [6.07, 6.45) is 0. The Kier molecular flexibility index (Phi) is 8.77. The first kappa shape index (κ1) is 19.7. The second-order valence-corrected chi connectivity index (χ2v) is 46.5. The summed E-state index contributed by atoms with van der Waals surface area (Å²) in [6.45, 7) is 23.5. The van der Waals surface area contributed by atoms with Crippen LogP contribution in [0.4, 0.5) is 0 Å². The molecule has 0 saturated heterocycles. The fraction of sp³-hybridized carbons (Fsp3) is 1.00. The third-order valence-corrected chi connectivity index (χ3v) is 60.8. The first-order valence-electron chi connectivity index (χ1n) is 6.25. The summed E-state index contributed by atoms with van der Waals surface area (Å²) in [5.41, 5.74) is 0. The summed E-state index contributed by atoms with van der Waals surface area (Å²) in [4.78, 5) is 0. The molecule has 0 heterocycles. The van der Waals surface area contributed by atoms with Crippen LogP contribution in [0.3, 0.4) is 0 Å². The quantitative estimate of drug-likeness (QED) is 0.657. The summed E-state index contributed by atoms with van der Waals surface area (Å²) >= 11 is 0.500. The topological polar surface area (TPSA) is 0 Å². The second-order valence-electron chi connectivity index (χ2n) is 7.62. The van der Waals surface area contributed by atoms with Crippen LogP contribution in [0, 0.1) is 0 Å². The van der Waals surface area contributed by atoms with Crippen LogP contribution in [-0.4, -0.2) is 45.6 Å². The first-order valence-corrected chi connectivity index (χ1v) is 25.4. The van der Waals surface area contributed by atoms with Gasteiger partial charge in [-0.05, 0) is 0 Å². The van der Waals surface area contributed by atoms with Gasteiger partial charge < -0.3 is 0 Å². The fourth-order valence-electron chi connectivity index (χ4n) is 3.38. The summed E-state index contributed by atoms with van der Waals surface area (Å²) in [6, 6.07) is 0. The Bertz CT molecular complexity index is 152. The van der Waals surface area contributed by atoms with Gasteiger partial charge in [-0.3, -0.25) is 0 Å². The van der Waals surface area contributed by atoms with E-state index in [4.69, 9.17) is 0 Å². The Morgan fingerprint density at radius 3 is 0.688 bits per heavy atom. The van der Waals surface area contributed by atoms with Crippen molar-refractivity contribution in [2.45, 2.75) is 70.4 Å². The standard InChI is InChI=1S/C9H27Si4.C2H6Ge/c1-11(2,3)10(12(4,5)6)13(7,8)9;1-3-2/h1-9H3;1-2H3. The van der Waals surface area contributed by atoms with Crippen LogP contribution >= 0.6 is 0 Å². The minimum atomic E-state index is -0.832. The predicted octanol–water partition coefficient (Wildman–Crippen LogP) is 4.52. The molecule has 0 aliphatic rings. The summed E-state index contributed by atoms with van der Waals surface area (Å²) in [7, 11) is -2.47. The van der Waals surface area contributed by atoms with E-state index in [9.17, 15) is 0 Å². The van der Waals surface area contributed by atoms with Crippen molar-refractivity contribution in [2.24, 2.45) is 0 Å². The Morgan fingerprint density at radius 2 is 0.688 bits per heavy atom. The molecule has 0 N–H and O–H groups in total. The maximum absolute atomic E-state index is 2.61. The maximum atomic E-state index is 2.61. The van der Waals surface area contributed by atoms with Gasteiger partial charge in [-0.25, -0.2) is 0 Å². The molecule has 0 aromatic heterocycles. The average Bonchev–Trinajstić information content (AvgIpc) is 1.74. The normalized spacial score (nSPS) is 13.5. The molecule has 0 rings (SSSR count). The Hall–Kier alpha value is 1.41. The van der Waals surface area contributed by atoms with Gasteiger partial charge in [0.25, 0.3) is 0 Å². The van der Waals surface area contributed by atoms with Gasteiger partial charge >= 0.3 is 26.9 Å². The molecule has 3 radical (unpaired) electrons. The van der Waals surface area contributed by atoms with Crippen molar-refractivity contribution in [1.29, 1.82) is 0 Å². The van der Waals surface area contributed by atoms with Crippen LogP contribution in [0.15, 0.2) is 0 Å². The van der Waals surface area contributed by atoms with Crippen LogP contribution < -0.4 is 0 Å². The van der Waals surface area contributed by atoms with Gasteiger partial charge in [0.15, 0.2) is 0 Å². The molecule has 0 spiro atoms. The number of hydrogen-bond donors (Lipinski definition) is 0. The third kappa shape index (κ3) is 8.49. The second kappa shape index (κ2) is 7.11. The van der Waals surface area contributed by atoms with Crippen LogP contribution in [0.1, 0.15) is 0 Å². The fourth-order valence-corrected chi connectivity index (χ4v) is 91.1. The summed E-state index contributed by atoms with van der Waals surface area (Å²) in [5, 5.41) is 0. The molecular weight excluding hydrogens is 317 g/mol. The van der Waals surface area contributed by atoms with E-state index >= 15 is 0 Å². The molecule has 0 amide bonds. The van der Waals surface area contributed by atoms with Gasteiger partial charge in [0, 0.05) is 30.1 Å². The Balaban J connectivity index is 0. The SMILES string of the molecule is C[Si](C)(C)[Si]([Si](C)(C)C)[Si](C)(C)C.[CH3][Ge][CH3]. The predicted molar refractivity (Wildman–Crippen MR) is 93.3 cm³/mol.